The summed E-state index contributed by atoms with van der Waals surface area (Å²) in [7, 11) is 0. The Balaban J connectivity index is 1.48. The Bertz CT molecular complexity index is 1020. The van der Waals surface area contributed by atoms with Gasteiger partial charge in [0.15, 0.2) is 11.3 Å². The maximum atomic E-state index is 12.9. The van der Waals surface area contributed by atoms with E-state index in [1.54, 1.807) is 18.3 Å². The molecule has 4 rings (SSSR count). The third kappa shape index (κ3) is 4.00. The molecule has 1 saturated heterocycles. The van der Waals surface area contributed by atoms with E-state index < -0.39 is 6.04 Å². The second kappa shape index (κ2) is 8.41. The third-order valence-electron chi connectivity index (χ3n) is 4.97. The Morgan fingerprint density at radius 1 is 1.18 bits per heavy atom. The summed E-state index contributed by atoms with van der Waals surface area (Å²) < 4.78 is 7.36. The van der Waals surface area contributed by atoms with Gasteiger partial charge in [-0.05, 0) is 37.1 Å². The second-order valence-electron chi connectivity index (χ2n) is 6.92. The van der Waals surface area contributed by atoms with Crippen molar-refractivity contribution < 1.29 is 9.53 Å². The number of carbonyl (C=O) groups excluding carboxylic acids is 1. The van der Waals surface area contributed by atoms with Crippen LogP contribution >= 0.6 is 0 Å². The lowest BCUT2D eigenvalue weighted by atomic mass is 9.97. The Morgan fingerprint density at radius 3 is 2.89 bits per heavy atom. The fourth-order valence-corrected chi connectivity index (χ4v) is 3.50. The molecule has 3 heterocycles. The lowest BCUT2D eigenvalue weighted by Gasteiger charge is -2.31. The highest BCUT2D eigenvalue weighted by Crippen LogP contribution is 2.16. The minimum absolute atomic E-state index is 0.0544. The summed E-state index contributed by atoms with van der Waals surface area (Å²) in [5.74, 6) is -0.0862. The van der Waals surface area contributed by atoms with Crippen molar-refractivity contribution >= 4 is 16.8 Å². The van der Waals surface area contributed by atoms with E-state index in [9.17, 15) is 9.59 Å². The zero-order valence-electron chi connectivity index (χ0n) is 15.5. The van der Waals surface area contributed by atoms with Crippen molar-refractivity contribution in [1.29, 1.82) is 0 Å². The smallest absolute Gasteiger partial charge is 0.280 e. The van der Waals surface area contributed by atoms with Crippen LogP contribution in [0.4, 0.5) is 0 Å². The molecule has 1 aliphatic rings. The first-order valence-electron chi connectivity index (χ1n) is 9.44. The fraction of sp³-hybridized carbons (Fsp3) is 0.333. The fourth-order valence-electron chi connectivity index (χ4n) is 3.50. The molecule has 0 radical (unpaired) electrons. The van der Waals surface area contributed by atoms with Crippen LogP contribution in [-0.2, 0) is 22.7 Å². The van der Waals surface area contributed by atoms with Gasteiger partial charge < -0.3 is 10.1 Å². The maximum absolute atomic E-state index is 12.9. The Labute approximate surface area is 162 Å². The average Bonchev–Trinajstić information content (AvgIpc) is 2.75. The Morgan fingerprint density at radius 2 is 2.04 bits per heavy atom. The molecule has 0 unspecified atom stereocenters. The van der Waals surface area contributed by atoms with Gasteiger partial charge in [-0.1, -0.05) is 30.3 Å². The summed E-state index contributed by atoms with van der Waals surface area (Å²) in [6, 6.07) is 12.9. The molecule has 1 aliphatic heterocycles. The summed E-state index contributed by atoms with van der Waals surface area (Å²) in [6.07, 6.45) is 4.50. The second-order valence-corrected chi connectivity index (χ2v) is 6.92. The van der Waals surface area contributed by atoms with Crippen LogP contribution in [0, 0.1) is 0 Å². The average molecular weight is 378 g/mol. The van der Waals surface area contributed by atoms with Gasteiger partial charge in [-0.3, -0.25) is 14.2 Å². The molecule has 7 nitrogen and oxygen atoms in total. The molecule has 0 aliphatic carbocycles. The standard InChI is InChI=1S/C21H22N4O3/c26-17(12-25-14-24-16-8-4-10-22-19(16)21(25)27)20-18(9-5-11-23-20)28-13-15-6-2-1-3-7-15/h1-4,6-8,10,14,18,20,23H,5,9,11-13H2/t18-,20+/m0/s1. The van der Waals surface area contributed by atoms with Crippen LogP contribution < -0.4 is 10.9 Å². The summed E-state index contributed by atoms with van der Waals surface area (Å²) in [4.78, 5) is 33.8. The molecule has 0 saturated carbocycles. The van der Waals surface area contributed by atoms with Crippen LogP contribution in [0.15, 0.2) is 59.8 Å². The topological polar surface area (TPSA) is 86.1 Å². The number of piperidine rings is 1. The van der Waals surface area contributed by atoms with Crippen molar-refractivity contribution in [2.24, 2.45) is 0 Å². The Kier molecular flexibility index (Phi) is 5.55. The van der Waals surface area contributed by atoms with Gasteiger partial charge in [0.05, 0.1) is 37.1 Å². The number of ether oxygens (including phenoxy) is 1. The van der Waals surface area contributed by atoms with E-state index >= 15 is 0 Å². The minimum atomic E-state index is -0.441. The quantitative estimate of drug-likeness (QED) is 0.703. The molecule has 7 heteroatoms. The zero-order valence-corrected chi connectivity index (χ0v) is 15.5. The van der Waals surface area contributed by atoms with Gasteiger partial charge in [-0.25, -0.2) is 9.97 Å². The lowest BCUT2D eigenvalue weighted by molar-refractivity contribution is -0.127. The molecule has 1 aromatic carbocycles. The first kappa shape index (κ1) is 18.5. The van der Waals surface area contributed by atoms with Gasteiger partial charge in [0.25, 0.3) is 5.56 Å². The van der Waals surface area contributed by atoms with Crippen molar-refractivity contribution in [3.63, 3.8) is 0 Å². The first-order valence-corrected chi connectivity index (χ1v) is 9.44. The number of carbonyl (C=O) groups is 1. The van der Waals surface area contributed by atoms with Gasteiger partial charge in [-0.2, -0.15) is 0 Å². The number of Topliss-reactive ketones (excluding diaryl/α,β-unsaturated/α-hetero) is 1. The van der Waals surface area contributed by atoms with Crippen LogP contribution in [-0.4, -0.2) is 39.0 Å². The van der Waals surface area contributed by atoms with Crippen LogP contribution in [0.1, 0.15) is 18.4 Å². The summed E-state index contributed by atoms with van der Waals surface area (Å²) in [6.45, 7) is 1.16. The molecule has 28 heavy (non-hydrogen) atoms. The molecule has 0 amide bonds. The van der Waals surface area contributed by atoms with E-state index in [0.29, 0.717) is 12.1 Å². The number of benzene rings is 1. The summed E-state index contributed by atoms with van der Waals surface area (Å²) in [5.41, 5.74) is 1.55. The van der Waals surface area contributed by atoms with E-state index in [1.807, 2.05) is 30.3 Å². The maximum Gasteiger partial charge on any atom is 0.280 e. The largest absolute Gasteiger partial charge is 0.371 e. The van der Waals surface area contributed by atoms with E-state index in [2.05, 4.69) is 15.3 Å². The molecule has 1 N–H and O–H groups in total. The number of rotatable bonds is 6. The van der Waals surface area contributed by atoms with Crippen LogP contribution in [0.3, 0.4) is 0 Å². The molecular weight excluding hydrogens is 356 g/mol. The van der Waals surface area contributed by atoms with Crippen molar-refractivity contribution in [2.75, 3.05) is 6.54 Å². The molecular formula is C21H22N4O3. The number of hydrogen-bond donors (Lipinski definition) is 1. The normalized spacial score (nSPS) is 19.6. The molecule has 144 valence electrons. The first-order chi connectivity index (χ1) is 13.7. The molecule has 0 bridgehead atoms. The van der Waals surface area contributed by atoms with E-state index in [-0.39, 0.29) is 29.5 Å². The predicted molar refractivity (Wildman–Crippen MR) is 105 cm³/mol. The number of ketones is 1. The van der Waals surface area contributed by atoms with Crippen LogP contribution in [0.5, 0.6) is 0 Å². The van der Waals surface area contributed by atoms with Crippen LogP contribution in [0.2, 0.25) is 0 Å². The highest BCUT2D eigenvalue weighted by Gasteiger charge is 2.31. The van der Waals surface area contributed by atoms with Gasteiger partial charge in [0, 0.05) is 6.20 Å². The van der Waals surface area contributed by atoms with Crippen molar-refractivity contribution in [3.8, 4) is 0 Å². The lowest BCUT2D eigenvalue weighted by Crippen LogP contribution is -2.52. The minimum Gasteiger partial charge on any atom is -0.371 e. The van der Waals surface area contributed by atoms with Crippen molar-refractivity contribution in [3.05, 3.63) is 70.9 Å². The summed E-state index contributed by atoms with van der Waals surface area (Å²) >= 11 is 0. The van der Waals surface area contributed by atoms with Crippen molar-refractivity contribution in [1.82, 2.24) is 19.9 Å². The number of aromatic nitrogens is 3. The summed E-state index contributed by atoms with van der Waals surface area (Å²) in [5, 5.41) is 3.26. The number of nitrogens with one attached hydrogen (secondary N) is 1. The van der Waals surface area contributed by atoms with Crippen LogP contribution in [0.25, 0.3) is 11.0 Å². The van der Waals surface area contributed by atoms with Gasteiger partial charge >= 0.3 is 0 Å². The number of nitrogens with zero attached hydrogens (tertiary/aromatic N) is 3. The number of fused-ring (bicyclic) bond motifs is 1. The molecule has 3 aromatic rings. The molecule has 2 atom stereocenters. The van der Waals surface area contributed by atoms with Gasteiger partial charge in [0.1, 0.15) is 0 Å². The van der Waals surface area contributed by atoms with E-state index in [4.69, 9.17) is 4.74 Å². The highest BCUT2D eigenvalue weighted by atomic mass is 16.5. The molecule has 2 aromatic heterocycles. The van der Waals surface area contributed by atoms with Crippen molar-refractivity contribution in [2.45, 2.75) is 38.1 Å². The van der Waals surface area contributed by atoms with Gasteiger partial charge in [0.2, 0.25) is 0 Å². The third-order valence-corrected chi connectivity index (χ3v) is 4.97. The zero-order chi connectivity index (χ0) is 19.3. The molecule has 1 fully saturated rings. The number of hydrogen-bond acceptors (Lipinski definition) is 6. The highest BCUT2D eigenvalue weighted by molar-refractivity contribution is 5.85. The predicted octanol–water partition coefficient (Wildman–Crippen LogP) is 1.70. The number of pyridine rings is 1. The van der Waals surface area contributed by atoms with Gasteiger partial charge in [-0.15, -0.1) is 0 Å². The Hall–Kier alpha value is -2.90. The SMILES string of the molecule is O=C(Cn1cnc2cccnc2c1=O)[C@H]1NCCC[C@@H]1OCc1ccccc1. The van der Waals surface area contributed by atoms with E-state index in [0.717, 1.165) is 24.9 Å². The van der Waals surface area contributed by atoms with E-state index in [1.165, 1.54) is 10.9 Å². The molecule has 0 spiro atoms. The monoisotopic (exact) mass is 378 g/mol.